The third kappa shape index (κ3) is 8.32. The number of ether oxygens (including phenoxy) is 3. The van der Waals surface area contributed by atoms with Gasteiger partial charge in [-0.15, -0.1) is 0 Å². The van der Waals surface area contributed by atoms with Crippen molar-refractivity contribution in [2.45, 2.75) is 52.6 Å². The van der Waals surface area contributed by atoms with E-state index in [0.717, 1.165) is 5.56 Å². The zero-order valence-electron chi connectivity index (χ0n) is 14.7. The highest BCUT2D eigenvalue weighted by Crippen LogP contribution is 2.14. The first-order valence-electron chi connectivity index (χ1n) is 8.25. The molecule has 0 bridgehead atoms. The molecule has 1 rings (SSSR count). The van der Waals surface area contributed by atoms with Gasteiger partial charge in [-0.2, -0.15) is 0 Å². The molecule has 0 fully saturated rings. The van der Waals surface area contributed by atoms with E-state index < -0.39 is 6.10 Å². The van der Waals surface area contributed by atoms with Crippen molar-refractivity contribution in [1.29, 1.82) is 0 Å². The van der Waals surface area contributed by atoms with Crippen LogP contribution in [-0.4, -0.2) is 43.2 Å². The topological polar surface area (TPSA) is 73.9 Å². The Hall–Kier alpha value is -1.14. The average Bonchev–Trinajstić information content (AvgIpc) is 2.52. The minimum atomic E-state index is -0.668. The number of nitrogens with two attached hydrogens (primary N) is 1. The predicted octanol–water partition coefficient (Wildman–Crippen LogP) is 2.35. The molecule has 0 saturated heterocycles. The first-order valence-corrected chi connectivity index (χ1v) is 8.25. The van der Waals surface area contributed by atoms with Crippen LogP contribution in [-0.2, 0) is 16.1 Å². The summed E-state index contributed by atoms with van der Waals surface area (Å²) >= 11 is 0. The van der Waals surface area contributed by atoms with Gasteiger partial charge in [-0.25, -0.2) is 0 Å². The fourth-order valence-corrected chi connectivity index (χ4v) is 1.95. The van der Waals surface area contributed by atoms with E-state index in [-0.39, 0.29) is 24.7 Å². The molecule has 2 atom stereocenters. The second-order valence-corrected chi connectivity index (χ2v) is 6.32. The van der Waals surface area contributed by atoms with Crippen LogP contribution in [0.15, 0.2) is 24.3 Å². The monoisotopic (exact) mass is 325 g/mol. The van der Waals surface area contributed by atoms with E-state index in [9.17, 15) is 5.11 Å². The second-order valence-electron chi connectivity index (χ2n) is 6.32. The van der Waals surface area contributed by atoms with Gasteiger partial charge >= 0.3 is 0 Å². The Morgan fingerprint density at radius 3 is 2.26 bits per heavy atom. The summed E-state index contributed by atoms with van der Waals surface area (Å²) in [6.07, 6.45) is -0.437. The minimum Gasteiger partial charge on any atom is -0.491 e. The molecule has 1 aromatic carbocycles. The SMILES string of the molecule is CC(C)OCCOCc1ccc(OCC(O)C(N)C(C)C)cc1. The first-order chi connectivity index (χ1) is 10.9. The van der Waals surface area contributed by atoms with Crippen LogP contribution in [0.4, 0.5) is 0 Å². The zero-order chi connectivity index (χ0) is 17.2. The van der Waals surface area contributed by atoms with Gasteiger partial charge in [0, 0.05) is 6.04 Å². The van der Waals surface area contributed by atoms with Crippen molar-refractivity contribution in [2.24, 2.45) is 11.7 Å². The summed E-state index contributed by atoms with van der Waals surface area (Å²) in [6, 6.07) is 7.37. The summed E-state index contributed by atoms with van der Waals surface area (Å²) in [5.41, 5.74) is 6.96. The van der Waals surface area contributed by atoms with Crippen LogP contribution in [0, 0.1) is 5.92 Å². The summed E-state index contributed by atoms with van der Waals surface area (Å²) in [5, 5.41) is 9.93. The largest absolute Gasteiger partial charge is 0.491 e. The maximum absolute atomic E-state index is 9.93. The molecule has 132 valence electrons. The summed E-state index contributed by atoms with van der Waals surface area (Å²) in [4.78, 5) is 0. The van der Waals surface area contributed by atoms with Gasteiger partial charge in [-0.05, 0) is 37.5 Å². The lowest BCUT2D eigenvalue weighted by molar-refractivity contribution is 0.0143. The van der Waals surface area contributed by atoms with E-state index in [1.165, 1.54) is 0 Å². The normalized spacial score (nSPS) is 14.3. The predicted molar refractivity (Wildman–Crippen MR) is 91.5 cm³/mol. The lowest BCUT2D eigenvalue weighted by Gasteiger charge is -2.22. The fourth-order valence-electron chi connectivity index (χ4n) is 1.95. The Bertz CT molecular complexity index is 420. The van der Waals surface area contributed by atoms with Gasteiger partial charge < -0.3 is 25.1 Å². The summed E-state index contributed by atoms with van der Waals surface area (Å²) < 4.78 is 16.5. The number of aliphatic hydroxyl groups excluding tert-OH is 1. The second kappa shape index (κ2) is 10.6. The molecule has 1 aromatic rings. The molecule has 0 saturated carbocycles. The molecule has 5 heteroatoms. The molecule has 5 nitrogen and oxygen atoms in total. The minimum absolute atomic E-state index is 0.196. The molecule has 3 N–H and O–H groups in total. The summed E-state index contributed by atoms with van der Waals surface area (Å²) in [5.74, 6) is 0.930. The highest BCUT2D eigenvalue weighted by molar-refractivity contribution is 5.26. The third-order valence-corrected chi connectivity index (χ3v) is 3.51. The lowest BCUT2D eigenvalue weighted by atomic mass is 10.0. The van der Waals surface area contributed by atoms with E-state index >= 15 is 0 Å². The third-order valence-electron chi connectivity index (χ3n) is 3.51. The van der Waals surface area contributed by atoms with E-state index in [1.54, 1.807) is 0 Å². The van der Waals surface area contributed by atoms with Crippen molar-refractivity contribution >= 4 is 0 Å². The van der Waals surface area contributed by atoms with Crippen molar-refractivity contribution in [2.75, 3.05) is 19.8 Å². The number of hydrogen-bond donors (Lipinski definition) is 2. The van der Waals surface area contributed by atoms with Crippen LogP contribution >= 0.6 is 0 Å². The van der Waals surface area contributed by atoms with Gasteiger partial charge in [0.2, 0.25) is 0 Å². The van der Waals surface area contributed by atoms with Crippen molar-refractivity contribution < 1.29 is 19.3 Å². The Morgan fingerprint density at radius 1 is 1.04 bits per heavy atom. The fraction of sp³-hybridized carbons (Fsp3) is 0.667. The first kappa shape index (κ1) is 19.9. The van der Waals surface area contributed by atoms with Crippen LogP contribution < -0.4 is 10.5 Å². The van der Waals surface area contributed by atoms with E-state index in [4.69, 9.17) is 19.9 Å². The van der Waals surface area contributed by atoms with Gasteiger partial charge in [0.05, 0.1) is 25.9 Å². The molecule has 0 aliphatic rings. The number of aliphatic hydroxyl groups is 1. The van der Waals surface area contributed by atoms with Crippen molar-refractivity contribution in [1.82, 2.24) is 0 Å². The van der Waals surface area contributed by atoms with Crippen LogP contribution in [0.25, 0.3) is 0 Å². The number of benzene rings is 1. The Labute approximate surface area is 139 Å². The number of rotatable bonds is 11. The van der Waals surface area contributed by atoms with Gasteiger partial charge in [0.15, 0.2) is 0 Å². The quantitative estimate of drug-likeness (QED) is 0.611. The Morgan fingerprint density at radius 2 is 1.70 bits per heavy atom. The van der Waals surface area contributed by atoms with Crippen molar-refractivity contribution in [3.05, 3.63) is 29.8 Å². The highest BCUT2D eigenvalue weighted by Gasteiger charge is 2.18. The molecule has 0 heterocycles. The Balaban J connectivity index is 2.28. The number of hydrogen-bond acceptors (Lipinski definition) is 5. The van der Waals surface area contributed by atoms with Crippen LogP contribution in [0.1, 0.15) is 33.3 Å². The molecular formula is C18H31NO4. The summed E-state index contributed by atoms with van der Waals surface area (Å²) in [6.45, 7) is 9.89. The maximum atomic E-state index is 9.93. The van der Waals surface area contributed by atoms with E-state index in [1.807, 2.05) is 52.0 Å². The van der Waals surface area contributed by atoms with Crippen LogP contribution in [0.5, 0.6) is 5.75 Å². The smallest absolute Gasteiger partial charge is 0.119 e. The van der Waals surface area contributed by atoms with Crippen molar-refractivity contribution in [3.63, 3.8) is 0 Å². The lowest BCUT2D eigenvalue weighted by Crippen LogP contribution is -2.42. The van der Waals surface area contributed by atoms with E-state index in [2.05, 4.69) is 0 Å². The molecule has 0 spiro atoms. The molecule has 0 radical (unpaired) electrons. The molecule has 0 amide bonds. The van der Waals surface area contributed by atoms with Gasteiger partial charge in [0.25, 0.3) is 0 Å². The summed E-state index contributed by atoms with van der Waals surface area (Å²) in [7, 11) is 0. The molecule has 0 aliphatic heterocycles. The Kier molecular flexibility index (Phi) is 9.17. The van der Waals surface area contributed by atoms with Gasteiger partial charge in [-0.1, -0.05) is 26.0 Å². The van der Waals surface area contributed by atoms with E-state index in [0.29, 0.717) is 25.6 Å². The molecule has 0 aromatic heterocycles. The van der Waals surface area contributed by atoms with Crippen LogP contribution in [0.3, 0.4) is 0 Å². The highest BCUT2D eigenvalue weighted by atomic mass is 16.5. The molecular weight excluding hydrogens is 294 g/mol. The average molecular weight is 325 g/mol. The van der Waals surface area contributed by atoms with Gasteiger partial charge in [0.1, 0.15) is 18.5 Å². The maximum Gasteiger partial charge on any atom is 0.119 e. The van der Waals surface area contributed by atoms with Gasteiger partial charge in [-0.3, -0.25) is 0 Å². The zero-order valence-corrected chi connectivity index (χ0v) is 14.7. The van der Waals surface area contributed by atoms with Crippen LogP contribution in [0.2, 0.25) is 0 Å². The van der Waals surface area contributed by atoms with Crippen molar-refractivity contribution in [3.8, 4) is 5.75 Å². The standard InChI is InChI=1S/C18H31NO4/c1-13(2)18(19)17(20)12-23-16-7-5-15(6-8-16)11-21-9-10-22-14(3)4/h5-8,13-14,17-18,20H,9-12,19H2,1-4H3. The molecule has 0 aliphatic carbocycles. The molecule has 2 unspecified atom stereocenters. The molecule has 23 heavy (non-hydrogen) atoms.